The van der Waals surface area contributed by atoms with Crippen LogP contribution in [0.2, 0.25) is 0 Å². The number of aromatic nitrogens is 3. The zero-order valence-electron chi connectivity index (χ0n) is 14.7. The van der Waals surface area contributed by atoms with Gasteiger partial charge in [-0.2, -0.15) is 5.10 Å². The minimum Gasteiger partial charge on any atom is -0.497 e. The molecule has 7 nitrogen and oxygen atoms in total. The number of nitrogens with one attached hydrogen (secondary N) is 1. The molecule has 0 aliphatic heterocycles. The normalized spacial score (nSPS) is 10.4. The lowest BCUT2D eigenvalue weighted by Crippen LogP contribution is -2.14. The minimum atomic E-state index is -0.0839. The number of aryl methyl sites for hydroxylation is 1. The van der Waals surface area contributed by atoms with Crippen LogP contribution >= 0.6 is 0 Å². The van der Waals surface area contributed by atoms with E-state index in [2.05, 4.69) is 15.4 Å². The molecule has 0 radical (unpaired) electrons. The van der Waals surface area contributed by atoms with Gasteiger partial charge in [-0.1, -0.05) is 12.1 Å². The van der Waals surface area contributed by atoms with E-state index in [4.69, 9.17) is 9.47 Å². The number of hydrogen-bond donors (Lipinski definition) is 1. The molecule has 26 heavy (non-hydrogen) atoms. The number of carbonyl (C=O) groups is 1. The van der Waals surface area contributed by atoms with E-state index in [1.54, 1.807) is 31.3 Å². The molecule has 3 rings (SSSR count). The molecule has 0 saturated carbocycles. The summed E-state index contributed by atoms with van der Waals surface area (Å²) in [6.07, 6.45) is 3.95. The summed E-state index contributed by atoms with van der Waals surface area (Å²) in [6.45, 7) is 0. The molecule has 1 heterocycles. The smallest absolute Gasteiger partial charge is 0.224 e. The fourth-order valence-corrected chi connectivity index (χ4v) is 2.59. The van der Waals surface area contributed by atoms with E-state index in [0.29, 0.717) is 30.0 Å². The molecule has 0 aliphatic rings. The standard InChI is InChI=1S/C19H20N4O3/c1-25-15-9-14(10-16(11-15)26-2)7-8-19(24)22-17-5-3-4-6-18(17)23-13-20-12-21-23/h3-6,9-13H,7-8H2,1-2H3,(H,22,24). The quantitative estimate of drug-likeness (QED) is 0.707. The molecule has 0 spiro atoms. The van der Waals surface area contributed by atoms with Crippen LogP contribution in [0.3, 0.4) is 0 Å². The molecule has 1 amide bonds. The van der Waals surface area contributed by atoms with Gasteiger partial charge in [0.1, 0.15) is 24.2 Å². The molecule has 0 saturated heterocycles. The van der Waals surface area contributed by atoms with Crippen molar-refractivity contribution in [1.29, 1.82) is 0 Å². The van der Waals surface area contributed by atoms with Crippen LogP contribution in [0.4, 0.5) is 5.69 Å². The van der Waals surface area contributed by atoms with Gasteiger partial charge in [0, 0.05) is 12.5 Å². The van der Waals surface area contributed by atoms with E-state index < -0.39 is 0 Å². The van der Waals surface area contributed by atoms with E-state index in [1.807, 2.05) is 36.4 Å². The number of ether oxygens (including phenoxy) is 2. The van der Waals surface area contributed by atoms with Crippen molar-refractivity contribution < 1.29 is 14.3 Å². The maximum absolute atomic E-state index is 12.4. The third-order valence-corrected chi connectivity index (χ3v) is 3.90. The first-order chi connectivity index (χ1) is 12.7. The number of rotatable bonds is 7. The number of hydrogen-bond acceptors (Lipinski definition) is 5. The van der Waals surface area contributed by atoms with Crippen LogP contribution in [-0.4, -0.2) is 34.9 Å². The molecular weight excluding hydrogens is 332 g/mol. The number of nitrogens with zero attached hydrogens (tertiary/aromatic N) is 3. The van der Waals surface area contributed by atoms with Crippen LogP contribution in [0.25, 0.3) is 5.69 Å². The van der Waals surface area contributed by atoms with Gasteiger partial charge in [-0.05, 0) is 36.2 Å². The van der Waals surface area contributed by atoms with E-state index in [-0.39, 0.29) is 5.91 Å². The van der Waals surface area contributed by atoms with Gasteiger partial charge in [0.05, 0.1) is 25.6 Å². The van der Waals surface area contributed by atoms with Crippen LogP contribution in [0.1, 0.15) is 12.0 Å². The van der Waals surface area contributed by atoms with Crippen LogP contribution in [0, 0.1) is 0 Å². The van der Waals surface area contributed by atoms with Crippen LogP contribution in [-0.2, 0) is 11.2 Å². The van der Waals surface area contributed by atoms with E-state index in [9.17, 15) is 4.79 Å². The third-order valence-electron chi connectivity index (χ3n) is 3.90. The van der Waals surface area contributed by atoms with Gasteiger partial charge in [0.2, 0.25) is 5.91 Å². The zero-order chi connectivity index (χ0) is 18.4. The largest absolute Gasteiger partial charge is 0.497 e. The Morgan fingerprint density at radius 2 is 1.85 bits per heavy atom. The van der Waals surface area contributed by atoms with Crippen molar-refractivity contribution in [3.05, 3.63) is 60.7 Å². The second-order valence-electron chi connectivity index (χ2n) is 5.63. The highest BCUT2D eigenvalue weighted by atomic mass is 16.5. The lowest BCUT2D eigenvalue weighted by Gasteiger charge is -2.11. The third kappa shape index (κ3) is 4.18. The predicted octanol–water partition coefficient (Wildman–Crippen LogP) is 2.86. The summed E-state index contributed by atoms with van der Waals surface area (Å²) in [5, 5.41) is 7.05. The summed E-state index contributed by atoms with van der Waals surface area (Å²) < 4.78 is 12.1. The Kier molecular flexibility index (Phi) is 5.48. The van der Waals surface area contributed by atoms with Crippen molar-refractivity contribution in [1.82, 2.24) is 14.8 Å². The number of methoxy groups -OCH3 is 2. The number of carbonyl (C=O) groups excluding carboxylic acids is 1. The second-order valence-corrected chi connectivity index (χ2v) is 5.63. The molecule has 0 fully saturated rings. The fourth-order valence-electron chi connectivity index (χ4n) is 2.59. The van der Waals surface area contributed by atoms with Gasteiger partial charge < -0.3 is 14.8 Å². The van der Waals surface area contributed by atoms with E-state index in [0.717, 1.165) is 11.3 Å². The number of benzene rings is 2. The van der Waals surface area contributed by atoms with Gasteiger partial charge in [-0.25, -0.2) is 9.67 Å². The Labute approximate surface area is 151 Å². The first-order valence-corrected chi connectivity index (χ1v) is 8.15. The number of anilines is 1. The van der Waals surface area contributed by atoms with Crippen molar-refractivity contribution in [2.45, 2.75) is 12.8 Å². The molecule has 134 valence electrons. The van der Waals surface area contributed by atoms with Gasteiger partial charge in [0.15, 0.2) is 0 Å². The maximum atomic E-state index is 12.4. The average Bonchev–Trinajstić information content (AvgIpc) is 3.21. The Morgan fingerprint density at radius 1 is 1.12 bits per heavy atom. The van der Waals surface area contributed by atoms with Gasteiger partial charge >= 0.3 is 0 Å². The lowest BCUT2D eigenvalue weighted by molar-refractivity contribution is -0.116. The highest BCUT2D eigenvalue weighted by Crippen LogP contribution is 2.24. The molecule has 0 bridgehead atoms. The molecule has 0 atom stereocenters. The highest BCUT2D eigenvalue weighted by Gasteiger charge is 2.10. The van der Waals surface area contributed by atoms with Crippen molar-refractivity contribution in [2.75, 3.05) is 19.5 Å². The number of para-hydroxylation sites is 2. The van der Waals surface area contributed by atoms with Gasteiger partial charge in [-0.3, -0.25) is 4.79 Å². The molecule has 0 aliphatic carbocycles. The van der Waals surface area contributed by atoms with Crippen molar-refractivity contribution >= 4 is 11.6 Å². The predicted molar refractivity (Wildman–Crippen MR) is 97.9 cm³/mol. The molecule has 2 aromatic carbocycles. The average molecular weight is 352 g/mol. The molecule has 0 unspecified atom stereocenters. The van der Waals surface area contributed by atoms with E-state index in [1.165, 1.54) is 6.33 Å². The Balaban J connectivity index is 1.67. The van der Waals surface area contributed by atoms with Gasteiger partial charge in [-0.15, -0.1) is 0 Å². The first-order valence-electron chi connectivity index (χ1n) is 8.15. The minimum absolute atomic E-state index is 0.0839. The van der Waals surface area contributed by atoms with Crippen LogP contribution in [0.5, 0.6) is 11.5 Å². The molecule has 1 aromatic heterocycles. The van der Waals surface area contributed by atoms with Gasteiger partial charge in [0.25, 0.3) is 0 Å². The summed E-state index contributed by atoms with van der Waals surface area (Å²) in [5.41, 5.74) is 2.42. The summed E-state index contributed by atoms with van der Waals surface area (Å²) in [7, 11) is 3.21. The summed E-state index contributed by atoms with van der Waals surface area (Å²) in [6, 6.07) is 13.1. The topological polar surface area (TPSA) is 78.3 Å². The summed E-state index contributed by atoms with van der Waals surface area (Å²) in [5.74, 6) is 1.33. The van der Waals surface area contributed by atoms with Crippen LogP contribution < -0.4 is 14.8 Å². The van der Waals surface area contributed by atoms with Crippen LogP contribution in [0.15, 0.2) is 55.1 Å². The Bertz CT molecular complexity index is 856. The SMILES string of the molecule is COc1cc(CCC(=O)Nc2ccccc2-n2cncn2)cc(OC)c1. The number of amides is 1. The molecular formula is C19H20N4O3. The summed E-state index contributed by atoms with van der Waals surface area (Å²) >= 11 is 0. The Morgan fingerprint density at radius 3 is 2.50 bits per heavy atom. The fraction of sp³-hybridized carbons (Fsp3) is 0.211. The van der Waals surface area contributed by atoms with Crippen molar-refractivity contribution in [3.63, 3.8) is 0 Å². The molecule has 7 heteroatoms. The van der Waals surface area contributed by atoms with Crippen molar-refractivity contribution in [3.8, 4) is 17.2 Å². The maximum Gasteiger partial charge on any atom is 0.224 e. The second kappa shape index (κ2) is 8.15. The van der Waals surface area contributed by atoms with E-state index >= 15 is 0 Å². The monoisotopic (exact) mass is 352 g/mol. The lowest BCUT2D eigenvalue weighted by atomic mass is 10.1. The Hall–Kier alpha value is -3.35. The first kappa shape index (κ1) is 17.5. The molecule has 1 N–H and O–H groups in total. The molecule has 3 aromatic rings. The summed E-state index contributed by atoms with van der Waals surface area (Å²) in [4.78, 5) is 16.3. The zero-order valence-corrected chi connectivity index (χ0v) is 14.7. The van der Waals surface area contributed by atoms with Crippen molar-refractivity contribution in [2.24, 2.45) is 0 Å². The highest BCUT2D eigenvalue weighted by molar-refractivity contribution is 5.92.